The molecule has 0 saturated carbocycles. The molecule has 1 atom stereocenters. The fourth-order valence-corrected chi connectivity index (χ4v) is 3.14. The van der Waals surface area contributed by atoms with Gasteiger partial charge in [0.2, 0.25) is 0 Å². The van der Waals surface area contributed by atoms with E-state index < -0.39 is 11.9 Å². The SMILES string of the molecule is C[C@H](Nc1ncnc(N)c1C(N)=O)c1nc2ccc(F)cc2n1-c1cccnc1. The van der Waals surface area contributed by atoms with E-state index in [1.807, 2.05) is 13.0 Å². The molecule has 10 heteroatoms. The molecule has 0 aliphatic heterocycles. The molecule has 0 bridgehead atoms. The standard InChI is InChI=1S/C19H17FN8O/c1-10(26-18-15(17(22)29)16(21)24-9-25-18)19-27-13-5-4-11(20)7-14(13)28(19)12-3-2-6-23-8-12/h2-10H,1H3,(H2,22,29)(H3,21,24,25,26)/t10-/m0/s1. The molecule has 0 aliphatic rings. The molecule has 9 nitrogen and oxygen atoms in total. The zero-order valence-electron chi connectivity index (χ0n) is 15.4. The molecular weight excluding hydrogens is 375 g/mol. The summed E-state index contributed by atoms with van der Waals surface area (Å²) < 4.78 is 15.7. The number of carbonyl (C=O) groups excluding carboxylic acids is 1. The molecule has 0 aliphatic carbocycles. The van der Waals surface area contributed by atoms with E-state index in [1.54, 1.807) is 29.1 Å². The number of nitrogen functional groups attached to an aromatic ring is 1. The minimum absolute atomic E-state index is 0.00515. The molecule has 4 aromatic rings. The third kappa shape index (κ3) is 3.31. The lowest BCUT2D eigenvalue weighted by Gasteiger charge is -2.18. The largest absolute Gasteiger partial charge is 0.383 e. The average molecular weight is 392 g/mol. The number of rotatable bonds is 5. The number of fused-ring (bicyclic) bond motifs is 1. The fourth-order valence-electron chi connectivity index (χ4n) is 3.14. The number of benzene rings is 1. The molecule has 1 amide bonds. The smallest absolute Gasteiger partial charge is 0.256 e. The van der Waals surface area contributed by atoms with Crippen LogP contribution in [0.25, 0.3) is 16.7 Å². The maximum atomic E-state index is 13.9. The Hall–Kier alpha value is -4.08. The van der Waals surface area contributed by atoms with Crippen molar-refractivity contribution >= 4 is 28.6 Å². The van der Waals surface area contributed by atoms with Gasteiger partial charge in [-0.15, -0.1) is 0 Å². The summed E-state index contributed by atoms with van der Waals surface area (Å²) in [5.74, 6) is -0.403. The second kappa shape index (κ2) is 7.15. The van der Waals surface area contributed by atoms with Gasteiger partial charge in [0.05, 0.1) is 29.0 Å². The van der Waals surface area contributed by atoms with E-state index in [1.165, 1.54) is 18.5 Å². The van der Waals surface area contributed by atoms with Gasteiger partial charge in [0.15, 0.2) is 0 Å². The number of hydrogen-bond donors (Lipinski definition) is 3. The van der Waals surface area contributed by atoms with Crippen molar-refractivity contribution in [1.29, 1.82) is 0 Å². The van der Waals surface area contributed by atoms with Crippen LogP contribution >= 0.6 is 0 Å². The molecule has 3 aromatic heterocycles. The molecule has 0 spiro atoms. The number of nitrogens with zero attached hydrogens (tertiary/aromatic N) is 5. The van der Waals surface area contributed by atoms with Gasteiger partial charge in [-0.3, -0.25) is 14.3 Å². The summed E-state index contributed by atoms with van der Waals surface area (Å²) in [6.07, 6.45) is 4.53. The highest BCUT2D eigenvalue weighted by Gasteiger charge is 2.22. The van der Waals surface area contributed by atoms with Crippen molar-refractivity contribution in [2.24, 2.45) is 5.73 Å². The van der Waals surface area contributed by atoms with Crippen molar-refractivity contribution in [2.45, 2.75) is 13.0 Å². The van der Waals surface area contributed by atoms with E-state index in [9.17, 15) is 9.18 Å². The van der Waals surface area contributed by atoms with Gasteiger partial charge in [-0.2, -0.15) is 0 Å². The number of aromatic nitrogens is 5. The lowest BCUT2D eigenvalue weighted by atomic mass is 10.2. The van der Waals surface area contributed by atoms with Crippen LogP contribution in [0.3, 0.4) is 0 Å². The van der Waals surface area contributed by atoms with Crippen molar-refractivity contribution in [2.75, 3.05) is 11.1 Å². The lowest BCUT2D eigenvalue weighted by molar-refractivity contribution is 0.100. The number of hydrogen-bond acceptors (Lipinski definition) is 7. The molecule has 146 valence electrons. The Balaban J connectivity index is 1.84. The van der Waals surface area contributed by atoms with E-state index in [0.29, 0.717) is 22.5 Å². The summed E-state index contributed by atoms with van der Waals surface area (Å²) in [6, 6.07) is 7.53. The summed E-state index contributed by atoms with van der Waals surface area (Å²) >= 11 is 0. The Morgan fingerprint density at radius 2 is 2.10 bits per heavy atom. The molecule has 1 aromatic carbocycles. The van der Waals surface area contributed by atoms with E-state index in [2.05, 4.69) is 25.3 Å². The monoisotopic (exact) mass is 392 g/mol. The topological polar surface area (TPSA) is 138 Å². The first-order valence-corrected chi connectivity index (χ1v) is 8.71. The average Bonchev–Trinajstić information content (AvgIpc) is 3.07. The van der Waals surface area contributed by atoms with Crippen LogP contribution < -0.4 is 16.8 Å². The van der Waals surface area contributed by atoms with Crippen LogP contribution in [0.15, 0.2) is 49.1 Å². The van der Waals surface area contributed by atoms with Crippen molar-refractivity contribution in [1.82, 2.24) is 24.5 Å². The number of anilines is 2. The number of carbonyl (C=O) groups is 1. The Kier molecular flexibility index (Phi) is 4.51. The van der Waals surface area contributed by atoms with Gasteiger partial charge in [0.25, 0.3) is 5.91 Å². The number of pyridine rings is 1. The van der Waals surface area contributed by atoms with Crippen LogP contribution in [-0.4, -0.2) is 30.4 Å². The van der Waals surface area contributed by atoms with Gasteiger partial charge in [0.1, 0.15) is 35.2 Å². The zero-order valence-corrected chi connectivity index (χ0v) is 15.4. The second-order valence-electron chi connectivity index (χ2n) is 6.36. The first-order valence-electron chi connectivity index (χ1n) is 8.71. The number of imidazole rings is 1. The molecule has 5 N–H and O–H groups in total. The van der Waals surface area contributed by atoms with Crippen LogP contribution in [0.5, 0.6) is 0 Å². The molecule has 3 heterocycles. The minimum atomic E-state index is -0.749. The van der Waals surface area contributed by atoms with Gasteiger partial charge >= 0.3 is 0 Å². The third-order valence-corrected chi connectivity index (χ3v) is 4.41. The molecular formula is C19H17FN8O. The summed E-state index contributed by atoms with van der Waals surface area (Å²) in [7, 11) is 0. The van der Waals surface area contributed by atoms with Crippen LogP contribution in [0.2, 0.25) is 0 Å². The summed E-state index contributed by atoms with van der Waals surface area (Å²) in [6.45, 7) is 1.83. The molecule has 29 heavy (non-hydrogen) atoms. The molecule has 0 saturated heterocycles. The fraction of sp³-hybridized carbons (Fsp3) is 0.105. The first-order chi connectivity index (χ1) is 14.0. The second-order valence-corrected chi connectivity index (χ2v) is 6.36. The highest BCUT2D eigenvalue weighted by Crippen LogP contribution is 2.28. The number of nitrogens with two attached hydrogens (primary N) is 2. The maximum absolute atomic E-state index is 13.9. The van der Waals surface area contributed by atoms with E-state index >= 15 is 0 Å². The number of halogens is 1. The Labute approximate surface area is 164 Å². The highest BCUT2D eigenvalue weighted by atomic mass is 19.1. The molecule has 0 fully saturated rings. The van der Waals surface area contributed by atoms with E-state index in [4.69, 9.17) is 11.5 Å². The molecule has 0 unspecified atom stereocenters. The number of primary amides is 1. The van der Waals surface area contributed by atoms with Crippen molar-refractivity contribution in [3.05, 3.63) is 66.3 Å². The van der Waals surface area contributed by atoms with Crippen LogP contribution in [0.1, 0.15) is 29.1 Å². The molecule has 0 radical (unpaired) electrons. The normalized spacial score (nSPS) is 12.1. The number of nitrogens with one attached hydrogen (secondary N) is 1. The highest BCUT2D eigenvalue weighted by molar-refractivity contribution is 6.01. The van der Waals surface area contributed by atoms with Crippen LogP contribution in [-0.2, 0) is 0 Å². The summed E-state index contributed by atoms with van der Waals surface area (Å²) in [5.41, 5.74) is 13.1. The van der Waals surface area contributed by atoms with Gasteiger partial charge in [0, 0.05) is 12.3 Å². The predicted molar refractivity (Wildman–Crippen MR) is 106 cm³/mol. The van der Waals surface area contributed by atoms with Crippen LogP contribution in [0.4, 0.5) is 16.0 Å². The third-order valence-electron chi connectivity index (χ3n) is 4.41. The van der Waals surface area contributed by atoms with Gasteiger partial charge in [-0.25, -0.2) is 19.3 Å². The predicted octanol–water partition coefficient (Wildman–Crippen LogP) is 2.20. The van der Waals surface area contributed by atoms with Gasteiger partial charge < -0.3 is 16.8 Å². The summed E-state index contributed by atoms with van der Waals surface area (Å²) in [5, 5.41) is 3.11. The van der Waals surface area contributed by atoms with Crippen molar-refractivity contribution in [3.8, 4) is 5.69 Å². The molecule has 4 rings (SSSR count). The maximum Gasteiger partial charge on any atom is 0.256 e. The van der Waals surface area contributed by atoms with Crippen molar-refractivity contribution in [3.63, 3.8) is 0 Å². The Bertz CT molecular complexity index is 1210. The lowest BCUT2D eigenvalue weighted by Crippen LogP contribution is -2.21. The van der Waals surface area contributed by atoms with E-state index in [0.717, 1.165) is 0 Å². The summed E-state index contributed by atoms with van der Waals surface area (Å²) in [4.78, 5) is 28.4. The quantitative estimate of drug-likeness (QED) is 0.473. The first kappa shape index (κ1) is 18.3. The van der Waals surface area contributed by atoms with E-state index in [-0.39, 0.29) is 23.0 Å². The number of amides is 1. The minimum Gasteiger partial charge on any atom is -0.383 e. The zero-order chi connectivity index (χ0) is 20.5. The van der Waals surface area contributed by atoms with Crippen LogP contribution in [0, 0.1) is 5.82 Å². The van der Waals surface area contributed by atoms with Gasteiger partial charge in [-0.05, 0) is 31.2 Å². The Morgan fingerprint density at radius 3 is 2.83 bits per heavy atom. The van der Waals surface area contributed by atoms with Gasteiger partial charge in [-0.1, -0.05) is 0 Å². The van der Waals surface area contributed by atoms with Crippen molar-refractivity contribution < 1.29 is 9.18 Å². The Morgan fingerprint density at radius 1 is 1.28 bits per heavy atom.